The lowest BCUT2D eigenvalue weighted by Crippen LogP contribution is -2.30. The number of ether oxygens (including phenoxy) is 1. The molecule has 0 aromatic heterocycles. The van der Waals surface area contributed by atoms with Gasteiger partial charge in [-0.1, -0.05) is 18.2 Å². The molecular formula is C22H23NO4S. The minimum atomic E-state index is -0.938. The minimum absolute atomic E-state index is 0.0234. The molecule has 1 atom stereocenters. The Bertz CT molecular complexity index is 909. The van der Waals surface area contributed by atoms with E-state index in [2.05, 4.69) is 5.32 Å². The van der Waals surface area contributed by atoms with Gasteiger partial charge in [-0.25, -0.2) is 4.79 Å². The van der Waals surface area contributed by atoms with E-state index in [-0.39, 0.29) is 17.4 Å². The summed E-state index contributed by atoms with van der Waals surface area (Å²) >= 11 is 1.28. The number of anilines is 1. The monoisotopic (exact) mass is 397 g/mol. The van der Waals surface area contributed by atoms with Gasteiger partial charge in [-0.3, -0.25) is 9.59 Å². The van der Waals surface area contributed by atoms with Crippen LogP contribution in [0.4, 0.5) is 5.69 Å². The molecule has 3 rings (SSSR count). The predicted molar refractivity (Wildman–Crippen MR) is 110 cm³/mol. The number of thioether (sulfide) groups is 1. The Hall–Kier alpha value is -2.60. The van der Waals surface area contributed by atoms with Crippen molar-refractivity contribution < 1.29 is 19.1 Å². The zero-order valence-corrected chi connectivity index (χ0v) is 16.8. The SMILES string of the molecule is CC(=O)CSc1ccccc1C(=O)O[C@@H](C)C(=O)Nc1ccc2c(c1)CCC2. The van der Waals surface area contributed by atoms with Crippen molar-refractivity contribution in [2.45, 2.75) is 44.1 Å². The molecule has 0 saturated carbocycles. The highest BCUT2D eigenvalue weighted by Crippen LogP contribution is 2.26. The van der Waals surface area contributed by atoms with Crippen molar-refractivity contribution in [3.05, 3.63) is 59.2 Å². The second kappa shape index (κ2) is 9.06. The molecule has 6 heteroatoms. The van der Waals surface area contributed by atoms with Crippen LogP contribution < -0.4 is 5.32 Å². The molecular weight excluding hydrogens is 374 g/mol. The molecule has 28 heavy (non-hydrogen) atoms. The number of hydrogen-bond donors (Lipinski definition) is 1. The van der Waals surface area contributed by atoms with Crippen molar-refractivity contribution in [1.29, 1.82) is 0 Å². The van der Waals surface area contributed by atoms with Gasteiger partial charge in [0.2, 0.25) is 0 Å². The molecule has 1 aliphatic rings. The summed E-state index contributed by atoms with van der Waals surface area (Å²) in [5, 5.41) is 2.82. The molecule has 1 amide bonds. The fourth-order valence-corrected chi connectivity index (χ4v) is 3.95. The number of esters is 1. The van der Waals surface area contributed by atoms with Gasteiger partial charge in [0.15, 0.2) is 6.10 Å². The molecule has 0 radical (unpaired) electrons. The summed E-state index contributed by atoms with van der Waals surface area (Å²) in [6, 6.07) is 12.8. The Labute approximate surface area is 168 Å². The molecule has 0 unspecified atom stereocenters. The molecule has 146 valence electrons. The average molecular weight is 397 g/mol. The number of fused-ring (bicyclic) bond motifs is 1. The van der Waals surface area contributed by atoms with Gasteiger partial charge in [0.05, 0.1) is 11.3 Å². The van der Waals surface area contributed by atoms with E-state index < -0.39 is 12.1 Å². The number of Topliss-reactive ketones (excluding diaryl/α,β-unsaturated/α-hetero) is 1. The Kier molecular flexibility index (Phi) is 6.52. The molecule has 0 spiro atoms. The van der Waals surface area contributed by atoms with Gasteiger partial charge >= 0.3 is 5.97 Å². The number of carbonyl (C=O) groups is 3. The molecule has 5 nitrogen and oxygen atoms in total. The first kappa shape index (κ1) is 20.1. The number of benzene rings is 2. The summed E-state index contributed by atoms with van der Waals surface area (Å²) in [7, 11) is 0. The number of nitrogens with one attached hydrogen (secondary N) is 1. The lowest BCUT2D eigenvalue weighted by molar-refractivity contribution is -0.123. The van der Waals surface area contributed by atoms with Gasteiger partial charge in [0.1, 0.15) is 5.78 Å². The van der Waals surface area contributed by atoms with Gasteiger partial charge < -0.3 is 10.1 Å². The summed E-state index contributed by atoms with van der Waals surface area (Å²) in [5.41, 5.74) is 3.66. The maximum absolute atomic E-state index is 12.5. The number of rotatable bonds is 7. The van der Waals surface area contributed by atoms with E-state index in [0.717, 1.165) is 19.3 Å². The van der Waals surface area contributed by atoms with Crippen LogP contribution in [0.15, 0.2) is 47.4 Å². The standard InChI is InChI=1S/C22H23NO4S/c1-14(24)13-28-20-9-4-3-8-19(20)22(26)27-15(2)21(25)23-18-11-10-16-6-5-7-17(16)12-18/h3-4,8-12,15H,5-7,13H2,1-2H3,(H,23,25)/t15-/m0/s1. The van der Waals surface area contributed by atoms with Crippen molar-refractivity contribution in [2.75, 3.05) is 11.1 Å². The second-order valence-corrected chi connectivity index (χ2v) is 7.88. The Morgan fingerprint density at radius 2 is 1.86 bits per heavy atom. The van der Waals surface area contributed by atoms with Gasteiger partial charge in [0.25, 0.3) is 5.91 Å². The van der Waals surface area contributed by atoms with Crippen LogP contribution in [0.5, 0.6) is 0 Å². The normalized spacial score (nSPS) is 13.5. The highest BCUT2D eigenvalue weighted by atomic mass is 32.2. The van der Waals surface area contributed by atoms with Crippen LogP contribution >= 0.6 is 11.8 Å². The summed E-state index contributed by atoms with van der Waals surface area (Å²) in [6.07, 6.45) is 2.31. The molecule has 1 N–H and O–H groups in total. The number of hydrogen-bond acceptors (Lipinski definition) is 5. The van der Waals surface area contributed by atoms with E-state index in [9.17, 15) is 14.4 Å². The summed E-state index contributed by atoms with van der Waals surface area (Å²) in [4.78, 5) is 36.9. The number of aryl methyl sites for hydroxylation is 2. The Morgan fingerprint density at radius 3 is 2.64 bits per heavy atom. The lowest BCUT2D eigenvalue weighted by Gasteiger charge is -2.15. The van der Waals surface area contributed by atoms with Crippen molar-refractivity contribution in [3.8, 4) is 0 Å². The molecule has 0 fully saturated rings. The zero-order chi connectivity index (χ0) is 20.1. The third kappa shape index (κ3) is 5.01. The molecule has 0 saturated heterocycles. The van der Waals surface area contributed by atoms with Crippen LogP contribution in [0.2, 0.25) is 0 Å². The molecule has 1 aliphatic carbocycles. The predicted octanol–water partition coefficient (Wildman–Crippen LogP) is 4.04. The average Bonchev–Trinajstić information content (AvgIpc) is 3.14. The van der Waals surface area contributed by atoms with Gasteiger partial charge in [0, 0.05) is 10.6 Å². The molecule has 2 aromatic carbocycles. The maximum atomic E-state index is 12.5. The number of amides is 1. The zero-order valence-electron chi connectivity index (χ0n) is 16.0. The molecule has 0 aliphatic heterocycles. The van der Waals surface area contributed by atoms with Crippen LogP contribution in [0.1, 0.15) is 41.8 Å². The summed E-state index contributed by atoms with van der Waals surface area (Å²) in [5.74, 6) is -0.655. The fourth-order valence-electron chi connectivity index (χ4n) is 3.11. The largest absolute Gasteiger partial charge is 0.449 e. The van der Waals surface area contributed by atoms with E-state index >= 15 is 0 Å². The van der Waals surface area contributed by atoms with Gasteiger partial charge in [-0.2, -0.15) is 0 Å². The van der Waals surface area contributed by atoms with Gasteiger partial charge in [-0.15, -0.1) is 11.8 Å². The first-order valence-corrected chi connectivity index (χ1v) is 10.3. The van der Waals surface area contributed by atoms with Crippen LogP contribution in [0.3, 0.4) is 0 Å². The lowest BCUT2D eigenvalue weighted by atomic mass is 10.1. The first-order valence-electron chi connectivity index (χ1n) is 9.29. The topological polar surface area (TPSA) is 72.5 Å². The maximum Gasteiger partial charge on any atom is 0.340 e. The van der Waals surface area contributed by atoms with Crippen LogP contribution in [-0.4, -0.2) is 29.5 Å². The van der Waals surface area contributed by atoms with Crippen LogP contribution in [-0.2, 0) is 27.2 Å². The molecule has 0 heterocycles. The van der Waals surface area contributed by atoms with Crippen molar-refractivity contribution in [3.63, 3.8) is 0 Å². The van der Waals surface area contributed by atoms with E-state index in [0.29, 0.717) is 16.1 Å². The Morgan fingerprint density at radius 1 is 1.11 bits per heavy atom. The van der Waals surface area contributed by atoms with Crippen molar-refractivity contribution in [2.24, 2.45) is 0 Å². The van der Waals surface area contributed by atoms with E-state index in [1.807, 2.05) is 18.2 Å². The first-order chi connectivity index (χ1) is 13.4. The van der Waals surface area contributed by atoms with Crippen LogP contribution in [0, 0.1) is 0 Å². The smallest absolute Gasteiger partial charge is 0.340 e. The third-order valence-electron chi connectivity index (χ3n) is 4.56. The van der Waals surface area contributed by atoms with E-state index in [1.165, 1.54) is 29.8 Å². The van der Waals surface area contributed by atoms with Crippen molar-refractivity contribution in [1.82, 2.24) is 0 Å². The Balaban J connectivity index is 1.62. The van der Waals surface area contributed by atoms with E-state index in [4.69, 9.17) is 4.74 Å². The molecule has 0 bridgehead atoms. The molecule has 2 aromatic rings. The minimum Gasteiger partial charge on any atom is -0.449 e. The van der Waals surface area contributed by atoms with Gasteiger partial charge in [-0.05, 0) is 68.5 Å². The fraction of sp³-hybridized carbons (Fsp3) is 0.318. The van der Waals surface area contributed by atoms with Crippen molar-refractivity contribution >= 4 is 35.1 Å². The second-order valence-electron chi connectivity index (χ2n) is 6.86. The summed E-state index contributed by atoms with van der Waals surface area (Å²) < 4.78 is 5.36. The highest BCUT2D eigenvalue weighted by molar-refractivity contribution is 8.00. The highest BCUT2D eigenvalue weighted by Gasteiger charge is 2.21. The third-order valence-corrected chi connectivity index (χ3v) is 5.77. The summed E-state index contributed by atoms with van der Waals surface area (Å²) in [6.45, 7) is 3.05. The number of ketones is 1. The van der Waals surface area contributed by atoms with E-state index in [1.54, 1.807) is 31.2 Å². The quantitative estimate of drug-likeness (QED) is 0.564. The van der Waals surface area contributed by atoms with Crippen LogP contribution in [0.25, 0.3) is 0 Å². The number of carbonyl (C=O) groups excluding carboxylic acids is 3.